The lowest BCUT2D eigenvalue weighted by atomic mass is 10.1. The third-order valence-electron chi connectivity index (χ3n) is 3.29. The van der Waals surface area contributed by atoms with Crippen molar-refractivity contribution in [3.8, 4) is 0 Å². The van der Waals surface area contributed by atoms with Crippen LogP contribution in [0.2, 0.25) is 0 Å². The number of nitrogens with one attached hydrogen (secondary N) is 1. The zero-order chi connectivity index (χ0) is 13.6. The van der Waals surface area contributed by atoms with E-state index in [1.165, 1.54) is 12.7 Å². The van der Waals surface area contributed by atoms with Crippen LogP contribution in [0.25, 0.3) is 0 Å². The molecule has 0 radical (unpaired) electrons. The maximum Gasteiger partial charge on any atom is 0.211 e. The van der Waals surface area contributed by atoms with E-state index in [0.29, 0.717) is 19.0 Å². The van der Waals surface area contributed by atoms with Crippen LogP contribution in [0.3, 0.4) is 0 Å². The lowest BCUT2D eigenvalue weighted by Crippen LogP contribution is -2.49. The van der Waals surface area contributed by atoms with Gasteiger partial charge in [0, 0.05) is 32.7 Å². The Balaban J connectivity index is 2.23. The second-order valence-electron chi connectivity index (χ2n) is 5.27. The normalized spacial score (nSPS) is 21.1. The molecule has 0 aliphatic carbocycles. The molecule has 18 heavy (non-hydrogen) atoms. The number of sulfonamides is 1. The maximum absolute atomic E-state index is 11.4. The molecule has 1 unspecified atom stereocenters. The van der Waals surface area contributed by atoms with Crippen molar-refractivity contribution in [3.63, 3.8) is 0 Å². The highest BCUT2D eigenvalue weighted by atomic mass is 32.2. The van der Waals surface area contributed by atoms with Crippen LogP contribution in [0, 0.1) is 5.92 Å². The van der Waals surface area contributed by atoms with Crippen LogP contribution in [-0.4, -0.2) is 69.7 Å². The van der Waals surface area contributed by atoms with Gasteiger partial charge in [-0.05, 0) is 25.4 Å². The molecule has 108 valence electrons. The Morgan fingerprint density at radius 2 is 1.83 bits per heavy atom. The van der Waals surface area contributed by atoms with Gasteiger partial charge < -0.3 is 10.2 Å². The predicted octanol–water partition coefficient (Wildman–Crippen LogP) is 0.199. The molecule has 0 aromatic heterocycles. The van der Waals surface area contributed by atoms with E-state index in [1.807, 2.05) is 0 Å². The summed E-state index contributed by atoms with van der Waals surface area (Å²) < 4.78 is 24.3. The fourth-order valence-electron chi connectivity index (χ4n) is 2.27. The van der Waals surface area contributed by atoms with E-state index in [2.05, 4.69) is 24.1 Å². The number of hydrogen-bond donors (Lipinski definition) is 1. The summed E-state index contributed by atoms with van der Waals surface area (Å²) in [5, 5.41) is 3.42. The molecular formula is C12H27N3O2S. The second-order valence-corrected chi connectivity index (χ2v) is 7.25. The van der Waals surface area contributed by atoms with Gasteiger partial charge in [-0.25, -0.2) is 8.42 Å². The number of rotatable bonds is 7. The van der Waals surface area contributed by atoms with Gasteiger partial charge in [-0.1, -0.05) is 13.8 Å². The van der Waals surface area contributed by atoms with Crippen LogP contribution in [0.5, 0.6) is 0 Å². The standard InChI is InChI=1S/C12H27N3O2S/c1-4-5-13-10-12(2)11-14-6-8-15(9-7-14)18(3,16)17/h12-13H,4-11H2,1-3H3. The van der Waals surface area contributed by atoms with Crippen molar-refractivity contribution in [2.24, 2.45) is 5.92 Å². The summed E-state index contributed by atoms with van der Waals surface area (Å²) in [4.78, 5) is 2.36. The van der Waals surface area contributed by atoms with Crippen molar-refractivity contribution in [2.75, 3.05) is 52.1 Å². The van der Waals surface area contributed by atoms with Crippen LogP contribution in [0.4, 0.5) is 0 Å². The molecule has 1 fully saturated rings. The Morgan fingerprint density at radius 1 is 1.22 bits per heavy atom. The van der Waals surface area contributed by atoms with E-state index in [0.717, 1.165) is 32.7 Å². The van der Waals surface area contributed by atoms with Crippen LogP contribution < -0.4 is 5.32 Å². The molecule has 1 atom stereocenters. The zero-order valence-electron chi connectivity index (χ0n) is 11.9. The Hall–Kier alpha value is -0.170. The SMILES string of the molecule is CCCNCC(C)CN1CCN(S(C)(=O)=O)CC1. The minimum Gasteiger partial charge on any atom is -0.316 e. The van der Waals surface area contributed by atoms with Gasteiger partial charge in [0.2, 0.25) is 10.0 Å². The molecule has 0 amide bonds. The molecule has 5 nitrogen and oxygen atoms in total. The van der Waals surface area contributed by atoms with Crippen molar-refractivity contribution < 1.29 is 8.42 Å². The molecule has 0 spiro atoms. The van der Waals surface area contributed by atoms with Crippen LogP contribution in [0.15, 0.2) is 0 Å². The highest BCUT2D eigenvalue weighted by Crippen LogP contribution is 2.08. The van der Waals surface area contributed by atoms with Gasteiger partial charge in [-0.15, -0.1) is 0 Å². The largest absolute Gasteiger partial charge is 0.316 e. The highest BCUT2D eigenvalue weighted by molar-refractivity contribution is 7.88. The third-order valence-corrected chi connectivity index (χ3v) is 4.59. The van der Waals surface area contributed by atoms with Gasteiger partial charge in [0.05, 0.1) is 6.26 Å². The molecule has 0 saturated carbocycles. The first-order valence-electron chi connectivity index (χ1n) is 6.81. The van der Waals surface area contributed by atoms with Gasteiger partial charge in [0.15, 0.2) is 0 Å². The van der Waals surface area contributed by atoms with E-state index < -0.39 is 10.0 Å². The average Bonchev–Trinajstić information content (AvgIpc) is 2.29. The highest BCUT2D eigenvalue weighted by Gasteiger charge is 2.23. The van der Waals surface area contributed by atoms with Crippen molar-refractivity contribution in [1.82, 2.24) is 14.5 Å². The first-order valence-corrected chi connectivity index (χ1v) is 8.66. The van der Waals surface area contributed by atoms with Crippen LogP contribution in [0.1, 0.15) is 20.3 Å². The summed E-state index contributed by atoms with van der Waals surface area (Å²) in [6, 6.07) is 0. The Kier molecular flexibility index (Phi) is 6.55. The third kappa shape index (κ3) is 5.65. The van der Waals surface area contributed by atoms with E-state index in [1.54, 1.807) is 4.31 Å². The predicted molar refractivity (Wildman–Crippen MR) is 75.2 cm³/mol. The molecule has 6 heteroatoms. The van der Waals surface area contributed by atoms with E-state index >= 15 is 0 Å². The smallest absolute Gasteiger partial charge is 0.211 e. The zero-order valence-corrected chi connectivity index (χ0v) is 12.7. The molecule has 1 aliphatic heterocycles. The second kappa shape index (κ2) is 7.43. The summed E-state index contributed by atoms with van der Waals surface area (Å²) in [7, 11) is -3.00. The summed E-state index contributed by atoms with van der Waals surface area (Å²) >= 11 is 0. The minimum absolute atomic E-state index is 0.612. The Bertz CT molecular complexity index is 324. The molecule has 0 aromatic rings. The van der Waals surface area contributed by atoms with Gasteiger partial charge >= 0.3 is 0 Å². The van der Waals surface area contributed by atoms with Crippen LogP contribution >= 0.6 is 0 Å². The van der Waals surface area contributed by atoms with Crippen molar-refractivity contribution >= 4 is 10.0 Å². The van der Waals surface area contributed by atoms with Crippen molar-refractivity contribution in [3.05, 3.63) is 0 Å². The first-order chi connectivity index (χ1) is 8.43. The monoisotopic (exact) mass is 277 g/mol. The molecule has 0 aromatic carbocycles. The van der Waals surface area contributed by atoms with Gasteiger partial charge in [0.1, 0.15) is 0 Å². The average molecular weight is 277 g/mol. The van der Waals surface area contributed by atoms with E-state index in [9.17, 15) is 8.42 Å². The fraction of sp³-hybridized carbons (Fsp3) is 1.00. The molecule has 1 aliphatic rings. The summed E-state index contributed by atoms with van der Waals surface area (Å²) in [6.45, 7) is 10.5. The number of nitrogens with zero attached hydrogens (tertiary/aromatic N) is 2. The molecule has 0 bridgehead atoms. The summed E-state index contributed by atoms with van der Waals surface area (Å²) in [6.07, 6.45) is 2.46. The number of piperazine rings is 1. The van der Waals surface area contributed by atoms with Crippen molar-refractivity contribution in [2.45, 2.75) is 20.3 Å². The quantitative estimate of drug-likeness (QED) is 0.676. The fourth-order valence-corrected chi connectivity index (χ4v) is 3.10. The van der Waals surface area contributed by atoms with E-state index in [-0.39, 0.29) is 0 Å². The summed E-state index contributed by atoms with van der Waals surface area (Å²) in [5.74, 6) is 0.612. The summed E-state index contributed by atoms with van der Waals surface area (Å²) in [5.41, 5.74) is 0. The molecule has 1 heterocycles. The number of hydrogen-bond acceptors (Lipinski definition) is 4. The minimum atomic E-state index is -3.00. The molecular weight excluding hydrogens is 250 g/mol. The first kappa shape index (κ1) is 15.9. The topological polar surface area (TPSA) is 52.6 Å². The Labute approximate surface area is 112 Å². The lowest BCUT2D eigenvalue weighted by molar-refractivity contribution is 0.168. The van der Waals surface area contributed by atoms with Gasteiger partial charge in [0.25, 0.3) is 0 Å². The molecule has 1 N–H and O–H groups in total. The molecule has 1 rings (SSSR count). The van der Waals surface area contributed by atoms with Gasteiger partial charge in [-0.3, -0.25) is 0 Å². The van der Waals surface area contributed by atoms with Crippen molar-refractivity contribution in [1.29, 1.82) is 0 Å². The lowest BCUT2D eigenvalue weighted by Gasteiger charge is -2.34. The Morgan fingerprint density at radius 3 is 2.33 bits per heavy atom. The van der Waals surface area contributed by atoms with E-state index in [4.69, 9.17) is 0 Å². The molecule has 1 saturated heterocycles. The maximum atomic E-state index is 11.4. The van der Waals surface area contributed by atoms with Gasteiger partial charge in [-0.2, -0.15) is 4.31 Å². The van der Waals surface area contributed by atoms with Crippen LogP contribution in [-0.2, 0) is 10.0 Å².